The molecule has 0 aliphatic carbocycles. The van der Waals surface area contributed by atoms with Crippen molar-refractivity contribution in [3.05, 3.63) is 6.15 Å². The second-order valence-electron chi connectivity index (χ2n) is 2.34. The smallest absolute Gasteiger partial charge is 0 e. The summed E-state index contributed by atoms with van der Waals surface area (Å²) in [6.07, 6.45) is 2.81. The van der Waals surface area contributed by atoms with Crippen molar-refractivity contribution in [2.75, 3.05) is 0 Å². The van der Waals surface area contributed by atoms with Gasteiger partial charge in [-0.05, 0) is 0 Å². The van der Waals surface area contributed by atoms with Gasteiger partial charge in [-0.15, -0.1) is 5.41 Å². The first-order valence-corrected chi connectivity index (χ1v) is 2.51. The third kappa shape index (κ3) is 12.1. The van der Waals surface area contributed by atoms with Crippen molar-refractivity contribution < 1.29 is 57.0 Å². The van der Waals surface area contributed by atoms with Crippen LogP contribution in [0.25, 0.3) is 6.15 Å². The van der Waals surface area contributed by atoms with Crippen molar-refractivity contribution in [2.45, 2.75) is 27.2 Å². The Morgan fingerprint density at radius 2 is 1.70 bits per heavy atom. The molecular weight excluding hydrogens is 524 g/mol. The van der Waals surface area contributed by atoms with Gasteiger partial charge in [-0.3, -0.25) is 6.29 Å². The molecule has 4 heteroatoms. The van der Waals surface area contributed by atoms with E-state index in [1.807, 2.05) is 27.1 Å². The fourth-order valence-electron chi connectivity index (χ4n) is 0.0722. The zero-order valence-electron chi connectivity index (χ0n) is 6.60. The van der Waals surface area contributed by atoms with Crippen LogP contribution in [0.15, 0.2) is 0 Å². The fraction of sp³-hybridized carbons (Fsp3) is 0.833. The Morgan fingerprint density at radius 1 is 1.40 bits per heavy atom. The summed E-state index contributed by atoms with van der Waals surface area (Å²) >= 11 is 0. The molecule has 10 heavy (non-hydrogen) atoms. The van der Waals surface area contributed by atoms with Crippen LogP contribution < -0.4 is 0 Å². The number of rotatable bonds is 2. The average Bonchev–Trinajstić information content (AvgIpc) is 1.68. The van der Waals surface area contributed by atoms with Gasteiger partial charge in [0.25, 0.3) is 0 Å². The van der Waals surface area contributed by atoms with E-state index in [0.717, 1.165) is 6.42 Å². The zero-order chi connectivity index (χ0) is 5.91. The largest absolute Gasteiger partial charge is 0.693 e. The van der Waals surface area contributed by atoms with Gasteiger partial charge in [-0.2, -0.15) is 0 Å². The number of hydrogen-bond donors (Lipinski definition) is 0. The molecule has 0 heterocycles. The quantitative estimate of drug-likeness (QED) is 0.500. The summed E-state index contributed by atoms with van der Waals surface area (Å²) < 4.78 is 0. The van der Waals surface area contributed by atoms with E-state index in [1.165, 1.54) is 0 Å². The van der Waals surface area contributed by atoms with E-state index in [4.69, 9.17) is 0 Å². The molecule has 0 aromatic rings. The van der Waals surface area contributed by atoms with Crippen LogP contribution in [0, 0.1) is 36.5 Å². The Labute approximate surface area is 101 Å². The fourth-order valence-corrected chi connectivity index (χ4v) is 0.0722. The minimum Gasteiger partial charge on any atom is -0.693 e. The SMILES string of the molecule is CCC(C)(C)[C-]=O.[NH2-].[U].[W]. The standard InChI is InChI=1S/C6H11O.H2N.U.W/c1-4-6(2,3)5-7;;;/h4H2,1-3H3;1H2;;/q2*-1;;. The van der Waals surface area contributed by atoms with Crippen molar-refractivity contribution in [3.8, 4) is 0 Å². The first-order valence-electron chi connectivity index (χ1n) is 2.51. The predicted octanol–water partition coefficient (Wildman–Crippen LogP) is 2.25. The molecule has 2 nitrogen and oxygen atoms in total. The van der Waals surface area contributed by atoms with Gasteiger partial charge < -0.3 is 10.9 Å². The molecule has 0 amide bonds. The normalized spacial score (nSPS) is 7.90. The summed E-state index contributed by atoms with van der Waals surface area (Å²) in [5.41, 5.74) is -0.222. The Balaban J connectivity index is -0.0000000600. The minimum atomic E-state index is -0.222. The van der Waals surface area contributed by atoms with E-state index in [-0.39, 0.29) is 63.7 Å². The third-order valence-electron chi connectivity index (χ3n) is 1.16. The van der Waals surface area contributed by atoms with Crippen molar-refractivity contribution >= 4 is 6.29 Å². The Bertz CT molecular complexity index is 78.1. The van der Waals surface area contributed by atoms with Crippen LogP contribution in [-0.2, 0) is 25.9 Å². The Hall–Kier alpha value is 1.37. The monoisotopic (exact) mass is 537 g/mol. The summed E-state index contributed by atoms with van der Waals surface area (Å²) in [6.45, 7) is 5.73. The van der Waals surface area contributed by atoms with Gasteiger partial charge in [-0.25, -0.2) is 0 Å². The molecular formula is C6H13NOUW-2. The van der Waals surface area contributed by atoms with E-state index in [0.29, 0.717) is 0 Å². The van der Waals surface area contributed by atoms with Crippen LogP contribution in [0.1, 0.15) is 27.2 Å². The molecule has 0 aromatic heterocycles. The summed E-state index contributed by atoms with van der Waals surface area (Å²) in [4.78, 5) is 9.93. The van der Waals surface area contributed by atoms with Crippen LogP contribution in [0.3, 0.4) is 0 Å². The van der Waals surface area contributed by atoms with Gasteiger partial charge in [0.1, 0.15) is 0 Å². The maximum absolute atomic E-state index is 9.93. The molecule has 0 bridgehead atoms. The molecule has 0 spiro atoms. The molecule has 0 radical (unpaired) electrons. The van der Waals surface area contributed by atoms with Crippen LogP contribution in [-0.4, -0.2) is 6.29 Å². The van der Waals surface area contributed by atoms with Crippen molar-refractivity contribution in [2.24, 2.45) is 5.41 Å². The summed E-state index contributed by atoms with van der Waals surface area (Å²) in [5, 5.41) is 0. The molecule has 0 aromatic carbocycles. The maximum atomic E-state index is 9.93. The average molecular weight is 537 g/mol. The van der Waals surface area contributed by atoms with Gasteiger partial charge in [0, 0.05) is 52.2 Å². The van der Waals surface area contributed by atoms with E-state index in [2.05, 4.69) is 0 Å². The van der Waals surface area contributed by atoms with Crippen LogP contribution in [0.2, 0.25) is 0 Å². The number of nitrogens with two attached hydrogens (primary N) is 1. The first-order chi connectivity index (χ1) is 3.12. The van der Waals surface area contributed by atoms with Gasteiger partial charge >= 0.3 is 0 Å². The second-order valence-corrected chi connectivity index (χ2v) is 2.34. The number of carbonyl (C=O) groups excluding carboxylic acids is 1. The summed E-state index contributed by atoms with van der Waals surface area (Å²) in [5.74, 6) is 0. The van der Waals surface area contributed by atoms with Crippen LogP contribution in [0.4, 0.5) is 0 Å². The van der Waals surface area contributed by atoms with Crippen LogP contribution in [0.5, 0.6) is 0 Å². The van der Waals surface area contributed by atoms with Crippen molar-refractivity contribution in [3.63, 3.8) is 0 Å². The predicted molar refractivity (Wildman–Crippen MR) is 35.0 cm³/mol. The van der Waals surface area contributed by atoms with E-state index in [1.54, 1.807) is 0 Å². The number of hydrogen-bond acceptors (Lipinski definition) is 1. The molecule has 0 rings (SSSR count). The Morgan fingerprint density at radius 3 is 1.70 bits per heavy atom. The molecule has 0 aliphatic rings. The van der Waals surface area contributed by atoms with E-state index in [9.17, 15) is 4.79 Å². The maximum Gasteiger partial charge on any atom is 0 e. The molecule has 2 N–H and O–H groups in total. The Kier molecular flexibility index (Phi) is 23.3. The molecule has 0 atom stereocenters. The summed E-state index contributed by atoms with van der Waals surface area (Å²) in [6, 6.07) is 0. The molecule has 0 aliphatic heterocycles. The summed E-state index contributed by atoms with van der Waals surface area (Å²) in [7, 11) is 0. The molecule has 0 fully saturated rings. The van der Waals surface area contributed by atoms with Crippen molar-refractivity contribution in [1.29, 1.82) is 0 Å². The molecule has 0 saturated heterocycles. The van der Waals surface area contributed by atoms with Gasteiger partial charge in [-0.1, -0.05) is 27.2 Å². The topological polar surface area (TPSA) is 50.6 Å². The van der Waals surface area contributed by atoms with Crippen molar-refractivity contribution in [1.82, 2.24) is 0 Å². The third-order valence-corrected chi connectivity index (χ3v) is 1.16. The van der Waals surface area contributed by atoms with Gasteiger partial charge in [0.2, 0.25) is 0 Å². The van der Waals surface area contributed by atoms with Crippen LogP contribution >= 0.6 is 0 Å². The van der Waals surface area contributed by atoms with Gasteiger partial charge in [0.05, 0.1) is 0 Å². The van der Waals surface area contributed by atoms with Gasteiger partial charge in [0.15, 0.2) is 0 Å². The molecule has 0 unspecified atom stereocenters. The first kappa shape index (κ1) is 22.5. The molecule has 0 saturated carbocycles. The zero-order valence-corrected chi connectivity index (χ0v) is 13.7. The minimum absolute atomic E-state index is 0. The van der Waals surface area contributed by atoms with E-state index >= 15 is 0 Å². The second kappa shape index (κ2) is 10.4. The molecule has 60 valence electrons. The van der Waals surface area contributed by atoms with E-state index < -0.39 is 0 Å².